The molecule has 0 spiro atoms. The third-order valence-electron chi connectivity index (χ3n) is 1.23. The van der Waals surface area contributed by atoms with Gasteiger partial charge >= 0.3 is 0 Å². The van der Waals surface area contributed by atoms with Gasteiger partial charge in [0.2, 0.25) is 0 Å². The molecule has 54 valence electrons. The second kappa shape index (κ2) is 3.10. The molecule has 0 amide bonds. The van der Waals surface area contributed by atoms with Crippen molar-refractivity contribution in [2.24, 2.45) is 0 Å². The van der Waals surface area contributed by atoms with E-state index in [0.29, 0.717) is 4.47 Å². The molecule has 1 aromatic rings. The molecule has 0 unspecified atom stereocenters. The Balaban J connectivity index is 3.04. The first-order valence-electron chi connectivity index (χ1n) is 3.04. The molecule has 0 N–H and O–H groups in total. The third-order valence-corrected chi connectivity index (χ3v) is 1.84. The molecule has 0 aromatic carbocycles. The van der Waals surface area contributed by atoms with Crippen molar-refractivity contribution in [3.63, 3.8) is 0 Å². The van der Waals surface area contributed by atoms with Gasteiger partial charge in [-0.3, -0.25) is 4.98 Å². The quantitative estimate of drug-likeness (QED) is 0.684. The van der Waals surface area contributed by atoms with Crippen molar-refractivity contribution in [2.75, 3.05) is 0 Å². The summed E-state index contributed by atoms with van der Waals surface area (Å²) in [5, 5.41) is 0. The lowest BCUT2D eigenvalue weighted by Crippen LogP contribution is -1.88. The molecule has 0 fully saturated rings. The molecule has 0 atom stereocenters. The summed E-state index contributed by atoms with van der Waals surface area (Å²) < 4.78 is 13.0. The number of aryl methyl sites for hydroxylation is 1. The van der Waals surface area contributed by atoms with E-state index in [1.54, 1.807) is 6.07 Å². The molecule has 0 saturated carbocycles. The van der Waals surface area contributed by atoms with Crippen LogP contribution in [0.5, 0.6) is 0 Å². The molecule has 10 heavy (non-hydrogen) atoms. The number of rotatable bonds is 1. The summed E-state index contributed by atoms with van der Waals surface area (Å²) >= 11 is 3.07. The van der Waals surface area contributed by atoms with Gasteiger partial charge in [-0.2, -0.15) is 0 Å². The predicted molar refractivity (Wildman–Crippen MR) is 41.3 cm³/mol. The Bertz CT molecular complexity index is 237. The van der Waals surface area contributed by atoms with E-state index < -0.39 is 0 Å². The van der Waals surface area contributed by atoms with Crippen LogP contribution in [0, 0.1) is 5.82 Å². The number of halogens is 2. The molecule has 1 aromatic heterocycles. The van der Waals surface area contributed by atoms with Crippen LogP contribution >= 0.6 is 15.9 Å². The molecule has 0 aliphatic carbocycles. The summed E-state index contributed by atoms with van der Waals surface area (Å²) in [4.78, 5) is 3.85. The maximum absolute atomic E-state index is 12.5. The summed E-state index contributed by atoms with van der Waals surface area (Å²) in [7, 11) is 0. The van der Waals surface area contributed by atoms with Gasteiger partial charge in [0.25, 0.3) is 0 Å². The van der Waals surface area contributed by atoms with Gasteiger partial charge in [-0.1, -0.05) is 6.92 Å². The molecule has 0 aliphatic heterocycles. The maximum Gasteiger partial charge on any atom is 0.155 e. The smallest absolute Gasteiger partial charge is 0.155 e. The van der Waals surface area contributed by atoms with Crippen molar-refractivity contribution in [3.8, 4) is 0 Å². The molecule has 1 rings (SSSR count). The van der Waals surface area contributed by atoms with Crippen molar-refractivity contribution >= 4 is 15.9 Å². The van der Waals surface area contributed by atoms with Crippen LogP contribution in [0.25, 0.3) is 0 Å². The van der Waals surface area contributed by atoms with E-state index in [-0.39, 0.29) is 5.82 Å². The minimum Gasteiger partial charge on any atom is -0.258 e. The third kappa shape index (κ3) is 1.53. The van der Waals surface area contributed by atoms with Gasteiger partial charge in [0.15, 0.2) is 5.82 Å². The average Bonchev–Trinajstić information content (AvgIpc) is 1.95. The van der Waals surface area contributed by atoms with E-state index in [0.717, 1.165) is 12.1 Å². The zero-order chi connectivity index (χ0) is 7.56. The Morgan fingerprint density at radius 3 is 2.90 bits per heavy atom. The first-order valence-corrected chi connectivity index (χ1v) is 3.83. The summed E-state index contributed by atoms with van der Waals surface area (Å²) in [6.45, 7) is 1.98. The SMILES string of the molecule is CCc1cc(Br)c(F)cn1. The van der Waals surface area contributed by atoms with Crippen LogP contribution in [-0.2, 0) is 6.42 Å². The van der Waals surface area contributed by atoms with E-state index in [1.807, 2.05) is 6.92 Å². The molecule has 0 aliphatic rings. The molecule has 0 bridgehead atoms. The van der Waals surface area contributed by atoms with E-state index in [1.165, 1.54) is 6.20 Å². The van der Waals surface area contributed by atoms with Gasteiger partial charge in [0.1, 0.15) is 0 Å². The molecular weight excluding hydrogens is 197 g/mol. The fraction of sp³-hybridized carbons (Fsp3) is 0.286. The monoisotopic (exact) mass is 203 g/mol. The van der Waals surface area contributed by atoms with Crippen LogP contribution in [0.3, 0.4) is 0 Å². The topological polar surface area (TPSA) is 12.9 Å². The van der Waals surface area contributed by atoms with Crippen molar-refractivity contribution in [2.45, 2.75) is 13.3 Å². The van der Waals surface area contributed by atoms with Crippen molar-refractivity contribution < 1.29 is 4.39 Å². The molecule has 1 heterocycles. The fourth-order valence-electron chi connectivity index (χ4n) is 0.647. The largest absolute Gasteiger partial charge is 0.258 e. The maximum atomic E-state index is 12.5. The minimum atomic E-state index is -0.308. The molecule has 0 saturated heterocycles. The Labute approximate surface area is 67.4 Å². The van der Waals surface area contributed by atoms with E-state index in [4.69, 9.17) is 0 Å². The van der Waals surface area contributed by atoms with Gasteiger partial charge in [0, 0.05) is 5.69 Å². The summed E-state index contributed by atoms with van der Waals surface area (Å²) in [6, 6.07) is 1.69. The van der Waals surface area contributed by atoms with Crippen LogP contribution in [-0.4, -0.2) is 4.98 Å². The van der Waals surface area contributed by atoms with Gasteiger partial charge in [-0.05, 0) is 28.4 Å². The second-order valence-electron chi connectivity index (χ2n) is 1.94. The first-order chi connectivity index (χ1) is 4.74. The Kier molecular flexibility index (Phi) is 2.38. The van der Waals surface area contributed by atoms with Crippen molar-refractivity contribution in [1.82, 2.24) is 4.98 Å². The Morgan fingerprint density at radius 2 is 2.40 bits per heavy atom. The minimum absolute atomic E-state index is 0.308. The van der Waals surface area contributed by atoms with E-state index in [9.17, 15) is 4.39 Å². The number of nitrogens with zero attached hydrogens (tertiary/aromatic N) is 1. The standard InChI is InChI=1S/C7H7BrFN/c1-2-5-3-6(8)7(9)4-10-5/h3-4H,2H2,1H3. The van der Waals surface area contributed by atoms with Crippen LogP contribution in [0.4, 0.5) is 4.39 Å². The lowest BCUT2D eigenvalue weighted by atomic mass is 10.3. The average molecular weight is 204 g/mol. The predicted octanol–water partition coefficient (Wildman–Crippen LogP) is 2.55. The highest BCUT2D eigenvalue weighted by Gasteiger charge is 1.98. The Hall–Kier alpha value is -0.440. The number of aromatic nitrogens is 1. The molecule has 0 radical (unpaired) electrons. The van der Waals surface area contributed by atoms with Crippen LogP contribution in [0.15, 0.2) is 16.7 Å². The van der Waals surface area contributed by atoms with E-state index in [2.05, 4.69) is 20.9 Å². The van der Waals surface area contributed by atoms with Gasteiger partial charge in [-0.25, -0.2) is 4.39 Å². The normalized spacial score (nSPS) is 9.90. The zero-order valence-electron chi connectivity index (χ0n) is 5.56. The second-order valence-corrected chi connectivity index (χ2v) is 2.80. The summed E-state index contributed by atoms with van der Waals surface area (Å²) in [6.07, 6.45) is 2.06. The van der Waals surface area contributed by atoms with Gasteiger partial charge in [0.05, 0.1) is 10.7 Å². The highest BCUT2D eigenvalue weighted by Crippen LogP contribution is 2.14. The number of hydrogen-bond donors (Lipinski definition) is 0. The lowest BCUT2D eigenvalue weighted by molar-refractivity contribution is 0.612. The van der Waals surface area contributed by atoms with Crippen LogP contribution < -0.4 is 0 Å². The van der Waals surface area contributed by atoms with Crippen LogP contribution in [0.1, 0.15) is 12.6 Å². The molecule has 3 heteroatoms. The number of hydrogen-bond acceptors (Lipinski definition) is 1. The van der Waals surface area contributed by atoms with Crippen molar-refractivity contribution in [3.05, 3.63) is 28.2 Å². The van der Waals surface area contributed by atoms with Gasteiger partial charge < -0.3 is 0 Å². The summed E-state index contributed by atoms with van der Waals surface area (Å²) in [5.41, 5.74) is 0.897. The highest BCUT2D eigenvalue weighted by atomic mass is 79.9. The highest BCUT2D eigenvalue weighted by molar-refractivity contribution is 9.10. The first kappa shape index (κ1) is 7.66. The zero-order valence-corrected chi connectivity index (χ0v) is 7.15. The Morgan fingerprint density at radius 1 is 1.70 bits per heavy atom. The van der Waals surface area contributed by atoms with Crippen LogP contribution in [0.2, 0.25) is 0 Å². The lowest BCUT2D eigenvalue weighted by Gasteiger charge is -1.96. The molecular formula is C7H7BrFN. The van der Waals surface area contributed by atoms with Gasteiger partial charge in [-0.15, -0.1) is 0 Å². The summed E-state index contributed by atoms with van der Waals surface area (Å²) in [5.74, 6) is -0.308. The van der Waals surface area contributed by atoms with Crippen molar-refractivity contribution in [1.29, 1.82) is 0 Å². The van der Waals surface area contributed by atoms with E-state index >= 15 is 0 Å². The molecule has 1 nitrogen and oxygen atoms in total. The fourth-order valence-corrected chi connectivity index (χ4v) is 1.01. The number of pyridine rings is 1.